The molecule has 0 saturated heterocycles. The van der Waals surface area contributed by atoms with Crippen LogP contribution >= 0.6 is 11.6 Å². The van der Waals surface area contributed by atoms with E-state index in [1.165, 1.54) is 11.1 Å². The number of hydrogen-bond acceptors (Lipinski definition) is 4. The Balaban J connectivity index is 1.45. The third kappa shape index (κ3) is 2.98. The molecule has 2 aliphatic rings. The topological polar surface area (TPSA) is 68.2 Å². The fourth-order valence-corrected chi connectivity index (χ4v) is 4.30. The van der Waals surface area contributed by atoms with Crippen LogP contribution in [-0.4, -0.2) is 28.9 Å². The summed E-state index contributed by atoms with van der Waals surface area (Å²) in [5, 5.41) is 12.2. The zero-order valence-corrected chi connectivity index (χ0v) is 16.3. The summed E-state index contributed by atoms with van der Waals surface area (Å²) in [5.74, 6) is -0.179. The number of benzene rings is 2. The summed E-state index contributed by atoms with van der Waals surface area (Å²) in [4.78, 5) is 13.0. The number of fused-ring (bicyclic) bond motifs is 2. The zero-order chi connectivity index (χ0) is 19.3. The smallest absolute Gasteiger partial charge is 0.256 e. The van der Waals surface area contributed by atoms with Gasteiger partial charge in [0, 0.05) is 36.3 Å². The molecular weight excluding hydrogens is 376 g/mol. The molecule has 0 radical (unpaired) electrons. The minimum absolute atomic E-state index is 0.179. The molecule has 1 aliphatic heterocycles. The van der Waals surface area contributed by atoms with Crippen molar-refractivity contribution < 1.29 is 9.53 Å². The first-order valence-electron chi connectivity index (χ1n) is 9.46. The number of nitrogens with zero attached hydrogens (tertiary/aromatic N) is 2. The van der Waals surface area contributed by atoms with Gasteiger partial charge in [0.15, 0.2) is 0 Å². The molecule has 3 aromatic rings. The van der Waals surface area contributed by atoms with Crippen molar-refractivity contribution in [1.82, 2.24) is 15.1 Å². The van der Waals surface area contributed by atoms with Gasteiger partial charge >= 0.3 is 0 Å². The van der Waals surface area contributed by atoms with E-state index in [4.69, 9.17) is 16.3 Å². The van der Waals surface area contributed by atoms with Crippen LogP contribution in [0.3, 0.4) is 0 Å². The largest absolute Gasteiger partial charge is 0.381 e. The lowest BCUT2D eigenvalue weighted by Crippen LogP contribution is -2.32. The van der Waals surface area contributed by atoms with Crippen molar-refractivity contribution in [1.29, 1.82) is 0 Å². The highest BCUT2D eigenvalue weighted by Crippen LogP contribution is 2.37. The quantitative estimate of drug-likeness (QED) is 0.702. The number of methoxy groups -OCH3 is 1. The van der Waals surface area contributed by atoms with Crippen LogP contribution in [0.5, 0.6) is 0 Å². The van der Waals surface area contributed by atoms with Crippen molar-refractivity contribution in [3.05, 3.63) is 58.2 Å². The molecule has 7 heteroatoms. The highest BCUT2D eigenvalue weighted by Gasteiger charge is 2.32. The van der Waals surface area contributed by atoms with Crippen LogP contribution < -0.4 is 10.6 Å². The Bertz CT molecular complexity index is 1070. The Morgan fingerprint density at radius 1 is 1.25 bits per heavy atom. The number of anilines is 1. The number of rotatable bonds is 4. The number of hydrogen-bond donors (Lipinski definition) is 2. The molecule has 2 N–H and O–H groups in total. The molecular formula is C21H21ClN4O2. The molecule has 0 spiro atoms. The van der Waals surface area contributed by atoms with Crippen LogP contribution in [0.1, 0.15) is 40.4 Å². The molecule has 1 saturated carbocycles. The first-order chi connectivity index (χ1) is 13.6. The second-order valence-corrected chi connectivity index (χ2v) is 7.94. The second-order valence-electron chi connectivity index (χ2n) is 7.50. The Hall–Kier alpha value is -2.41. The van der Waals surface area contributed by atoms with Crippen molar-refractivity contribution in [2.24, 2.45) is 0 Å². The fourth-order valence-electron chi connectivity index (χ4n) is 4.09. The monoisotopic (exact) mass is 396 g/mol. The van der Waals surface area contributed by atoms with E-state index in [9.17, 15) is 4.79 Å². The van der Waals surface area contributed by atoms with E-state index in [-0.39, 0.29) is 18.1 Å². The number of ether oxygens (including phenoxy) is 1. The lowest BCUT2D eigenvalue weighted by atomic mass is 9.89. The summed E-state index contributed by atoms with van der Waals surface area (Å²) in [7, 11) is 1.73. The summed E-state index contributed by atoms with van der Waals surface area (Å²) < 4.78 is 7.34. The molecule has 0 unspecified atom stereocenters. The number of aromatic nitrogens is 2. The molecule has 1 aromatic heterocycles. The van der Waals surface area contributed by atoms with Crippen molar-refractivity contribution in [3.8, 4) is 0 Å². The van der Waals surface area contributed by atoms with E-state index < -0.39 is 0 Å². The van der Waals surface area contributed by atoms with Crippen LogP contribution in [0.15, 0.2) is 36.5 Å². The van der Waals surface area contributed by atoms with Gasteiger partial charge in [-0.05, 0) is 48.2 Å². The van der Waals surface area contributed by atoms with Crippen molar-refractivity contribution in [2.45, 2.75) is 38.1 Å². The zero-order valence-electron chi connectivity index (χ0n) is 15.5. The summed E-state index contributed by atoms with van der Waals surface area (Å²) in [5.41, 5.74) is 4.71. The predicted molar refractivity (Wildman–Crippen MR) is 109 cm³/mol. The Morgan fingerprint density at radius 3 is 2.89 bits per heavy atom. The molecule has 1 fully saturated rings. The van der Waals surface area contributed by atoms with E-state index in [1.807, 2.05) is 22.9 Å². The van der Waals surface area contributed by atoms with Crippen LogP contribution in [0, 0.1) is 0 Å². The maximum atomic E-state index is 13.0. The highest BCUT2D eigenvalue weighted by atomic mass is 35.5. The first-order valence-corrected chi connectivity index (χ1v) is 9.83. The van der Waals surface area contributed by atoms with Crippen LogP contribution in [-0.2, 0) is 17.8 Å². The van der Waals surface area contributed by atoms with Gasteiger partial charge < -0.3 is 15.4 Å². The number of carbonyl (C=O) groups excluding carboxylic acids is 1. The molecule has 0 atom stereocenters. The minimum atomic E-state index is -0.179. The Morgan fingerprint density at radius 2 is 2.07 bits per heavy atom. The fraction of sp³-hybridized carbons (Fsp3) is 0.333. The first kappa shape index (κ1) is 17.7. The van der Waals surface area contributed by atoms with Gasteiger partial charge in [0.2, 0.25) is 0 Å². The standard InChI is InChI=1S/C21H21ClN4O2/c1-28-17-7-16(8-17)26-20-6-14(22)5-18(19(20)11-24-26)21(27)25-15-3-2-12-9-23-10-13(12)4-15/h2-6,11,16-17,23H,7-10H2,1H3,(H,25,27). The molecule has 5 rings (SSSR count). The van der Waals surface area contributed by atoms with Crippen molar-refractivity contribution in [2.75, 3.05) is 12.4 Å². The van der Waals surface area contributed by atoms with Crippen LogP contribution in [0.25, 0.3) is 10.9 Å². The van der Waals surface area contributed by atoms with Crippen LogP contribution in [0.4, 0.5) is 5.69 Å². The van der Waals surface area contributed by atoms with Crippen molar-refractivity contribution >= 4 is 34.1 Å². The van der Waals surface area contributed by atoms with Gasteiger partial charge in [-0.2, -0.15) is 5.10 Å². The molecule has 2 heterocycles. The molecule has 28 heavy (non-hydrogen) atoms. The minimum Gasteiger partial charge on any atom is -0.381 e. The van der Waals surface area contributed by atoms with E-state index in [0.717, 1.165) is 42.5 Å². The number of carbonyl (C=O) groups is 1. The summed E-state index contributed by atoms with van der Waals surface area (Å²) in [6, 6.07) is 9.88. The normalized spacial score (nSPS) is 20.8. The number of nitrogens with one attached hydrogen (secondary N) is 2. The lowest BCUT2D eigenvalue weighted by Gasteiger charge is -2.34. The average Bonchev–Trinajstić information content (AvgIpc) is 3.27. The van der Waals surface area contributed by atoms with Gasteiger partial charge in [0.25, 0.3) is 5.91 Å². The van der Waals surface area contributed by atoms with Gasteiger partial charge in [-0.25, -0.2) is 0 Å². The van der Waals surface area contributed by atoms with E-state index in [0.29, 0.717) is 10.6 Å². The Labute approximate surface area is 167 Å². The Kier molecular flexibility index (Phi) is 4.34. The third-order valence-electron chi connectivity index (χ3n) is 5.77. The molecule has 144 valence electrons. The lowest BCUT2D eigenvalue weighted by molar-refractivity contribution is 0.00387. The van der Waals surface area contributed by atoms with Gasteiger partial charge in [-0.3, -0.25) is 9.48 Å². The van der Waals surface area contributed by atoms with E-state index in [1.54, 1.807) is 19.4 Å². The van der Waals surface area contributed by atoms with Gasteiger partial charge in [0.05, 0.1) is 29.4 Å². The average molecular weight is 397 g/mol. The number of amides is 1. The van der Waals surface area contributed by atoms with Crippen LogP contribution in [0.2, 0.25) is 5.02 Å². The molecule has 1 amide bonds. The molecule has 2 aromatic carbocycles. The van der Waals surface area contributed by atoms with Gasteiger partial charge in [-0.15, -0.1) is 0 Å². The summed E-state index contributed by atoms with van der Waals surface area (Å²) in [6.07, 6.45) is 3.88. The summed E-state index contributed by atoms with van der Waals surface area (Å²) >= 11 is 6.34. The van der Waals surface area contributed by atoms with E-state index >= 15 is 0 Å². The molecule has 6 nitrogen and oxygen atoms in total. The molecule has 1 aliphatic carbocycles. The predicted octanol–water partition coefficient (Wildman–Crippen LogP) is 3.90. The number of halogens is 1. The third-order valence-corrected chi connectivity index (χ3v) is 5.99. The van der Waals surface area contributed by atoms with Crippen molar-refractivity contribution in [3.63, 3.8) is 0 Å². The maximum Gasteiger partial charge on any atom is 0.256 e. The van der Waals surface area contributed by atoms with Gasteiger partial charge in [0.1, 0.15) is 0 Å². The summed E-state index contributed by atoms with van der Waals surface area (Å²) in [6.45, 7) is 1.71. The maximum absolute atomic E-state index is 13.0. The van der Waals surface area contributed by atoms with E-state index in [2.05, 4.69) is 21.8 Å². The second kappa shape index (κ2) is 6.88. The highest BCUT2D eigenvalue weighted by molar-refractivity contribution is 6.32. The van der Waals surface area contributed by atoms with Gasteiger partial charge in [-0.1, -0.05) is 17.7 Å². The SMILES string of the molecule is COC1CC(n2ncc3c(C(=O)Nc4ccc5c(c4)CNC5)cc(Cl)cc32)C1. The molecule has 0 bridgehead atoms.